The van der Waals surface area contributed by atoms with Crippen LogP contribution in [0, 0.1) is 0 Å². The summed E-state index contributed by atoms with van der Waals surface area (Å²) in [6, 6.07) is 9.43. The van der Waals surface area contributed by atoms with E-state index in [-0.39, 0.29) is 18.5 Å². The molecule has 1 aliphatic rings. The molecule has 7 nitrogen and oxygen atoms in total. The average molecular weight is 306 g/mol. The normalized spacial score (nSPS) is 24.7. The molecule has 1 fully saturated rings. The number of hydrogen-bond acceptors (Lipinski definition) is 5. The van der Waals surface area contributed by atoms with E-state index < -0.39 is 0 Å². The summed E-state index contributed by atoms with van der Waals surface area (Å²) >= 11 is 0. The molecule has 1 heterocycles. The maximum absolute atomic E-state index is 12.0. The van der Waals surface area contributed by atoms with E-state index in [1.54, 1.807) is 0 Å². The van der Waals surface area contributed by atoms with Crippen molar-refractivity contribution < 1.29 is 4.79 Å². The van der Waals surface area contributed by atoms with Crippen LogP contribution < -0.4 is 32.3 Å². The van der Waals surface area contributed by atoms with Crippen LogP contribution in [0.2, 0.25) is 0 Å². The van der Waals surface area contributed by atoms with E-state index in [4.69, 9.17) is 5.73 Å². The summed E-state index contributed by atoms with van der Waals surface area (Å²) in [4.78, 5) is 12.0. The Hall–Kier alpha value is -1.67. The van der Waals surface area contributed by atoms with Crippen molar-refractivity contribution in [3.8, 4) is 0 Å². The Bertz CT molecular complexity index is 455. The number of para-hydroxylation sites is 1. The molecule has 1 aromatic rings. The van der Waals surface area contributed by atoms with Gasteiger partial charge in [-0.2, -0.15) is 0 Å². The van der Waals surface area contributed by atoms with E-state index in [1.165, 1.54) is 0 Å². The number of rotatable bonds is 6. The second kappa shape index (κ2) is 8.70. The highest BCUT2D eigenvalue weighted by molar-refractivity contribution is 5.89. The molecule has 0 aliphatic carbocycles. The van der Waals surface area contributed by atoms with Gasteiger partial charge in [0.15, 0.2) is 0 Å². The molecule has 2 amide bonds. The van der Waals surface area contributed by atoms with Gasteiger partial charge in [0.05, 0.1) is 6.17 Å². The molecular formula is C15H26N6O. The molecule has 0 saturated carbocycles. The number of carbonyl (C=O) groups excluding carboxylic acids is 1. The first-order chi connectivity index (χ1) is 10.7. The summed E-state index contributed by atoms with van der Waals surface area (Å²) in [5.74, 6) is 0. The number of anilines is 1. The van der Waals surface area contributed by atoms with Gasteiger partial charge in [-0.1, -0.05) is 18.2 Å². The standard InChI is InChI=1S/C15H26N6O/c1-11-10-13(17-9-5-8-16)20-14(18-11)21-15(22)19-12-6-3-2-4-7-12/h2-4,6-7,11,13-14,17-18,20H,5,8-10,16H2,1H3,(H2,19,21,22). The predicted octanol–water partition coefficient (Wildman–Crippen LogP) is 0.328. The Morgan fingerprint density at radius 2 is 2.09 bits per heavy atom. The lowest BCUT2D eigenvalue weighted by Gasteiger charge is -2.36. The number of carbonyl (C=O) groups is 1. The van der Waals surface area contributed by atoms with E-state index in [0.717, 1.165) is 25.1 Å². The second-order valence-corrected chi connectivity index (χ2v) is 5.52. The number of amides is 2. The van der Waals surface area contributed by atoms with Crippen molar-refractivity contribution in [2.45, 2.75) is 38.3 Å². The fourth-order valence-electron chi connectivity index (χ4n) is 2.45. The highest BCUT2D eigenvalue weighted by atomic mass is 16.2. The molecule has 3 unspecified atom stereocenters. The Labute approximate surface area is 131 Å². The van der Waals surface area contributed by atoms with Crippen LogP contribution in [-0.2, 0) is 0 Å². The molecule has 0 bridgehead atoms. The van der Waals surface area contributed by atoms with Gasteiger partial charge in [0, 0.05) is 11.7 Å². The molecule has 7 N–H and O–H groups in total. The average Bonchev–Trinajstić information content (AvgIpc) is 2.48. The van der Waals surface area contributed by atoms with Crippen molar-refractivity contribution in [3.63, 3.8) is 0 Å². The first-order valence-electron chi connectivity index (χ1n) is 7.75. The van der Waals surface area contributed by atoms with Crippen molar-refractivity contribution in [3.05, 3.63) is 30.3 Å². The topological polar surface area (TPSA) is 103 Å². The molecule has 22 heavy (non-hydrogen) atoms. The molecule has 1 saturated heterocycles. The summed E-state index contributed by atoms with van der Waals surface area (Å²) in [6.45, 7) is 3.64. The number of nitrogens with two attached hydrogens (primary N) is 1. The molecule has 3 atom stereocenters. The Morgan fingerprint density at radius 1 is 1.32 bits per heavy atom. The van der Waals surface area contributed by atoms with Crippen LogP contribution in [0.1, 0.15) is 19.8 Å². The zero-order valence-electron chi connectivity index (χ0n) is 12.9. The van der Waals surface area contributed by atoms with Gasteiger partial charge in [0.25, 0.3) is 0 Å². The minimum atomic E-state index is -0.275. The van der Waals surface area contributed by atoms with Crippen molar-refractivity contribution >= 4 is 11.7 Å². The quantitative estimate of drug-likeness (QED) is 0.425. The van der Waals surface area contributed by atoms with Crippen LogP contribution in [0.15, 0.2) is 30.3 Å². The molecule has 122 valence electrons. The molecule has 0 radical (unpaired) electrons. The van der Waals surface area contributed by atoms with E-state index in [9.17, 15) is 4.79 Å². The predicted molar refractivity (Wildman–Crippen MR) is 88.2 cm³/mol. The van der Waals surface area contributed by atoms with Crippen molar-refractivity contribution in [2.75, 3.05) is 18.4 Å². The SMILES string of the molecule is CC1CC(NCCCN)NC(NC(=O)Nc2ccccc2)N1. The van der Waals surface area contributed by atoms with Gasteiger partial charge in [0.1, 0.15) is 6.29 Å². The first kappa shape index (κ1) is 16.7. The number of urea groups is 1. The molecule has 1 aliphatic heterocycles. The summed E-state index contributed by atoms with van der Waals surface area (Å²) in [5, 5.41) is 15.7. The van der Waals surface area contributed by atoms with Gasteiger partial charge >= 0.3 is 6.03 Å². The highest BCUT2D eigenvalue weighted by Crippen LogP contribution is 2.06. The van der Waals surface area contributed by atoms with Crippen LogP contribution in [0.5, 0.6) is 0 Å². The fourth-order valence-corrected chi connectivity index (χ4v) is 2.45. The van der Waals surface area contributed by atoms with Crippen molar-refractivity contribution in [1.82, 2.24) is 21.3 Å². The van der Waals surface area contributed by atoms with Crippen LogP contribution in [0.25, 0.3) is 0 Å². The van der Waals surface area contributed by atoms with Gasteiger partial charge < -0.3 is 21.7 Å². The third-order valence-corrected chi connectivity index (χ3v) is 3.49. The van der Waals surface area contributed by atoms with Crippen molar-refractivity contribution in [1.29, 1.82) is 0 Å². The van der Waals surface area contributed by atoms with Gasteiger partial charge in [-0.05, 0) is 45.0 Å². The zero-order chi connectivity index (χ0) is 15.8. The van der Waals surface area contributed by atoms with Gasteiger partial charge in [-0.15, -0.1) is 0 Å². The third-order valence-electron chi connectivity index (χ3n) is 3.49. The maximum atomic E-state index is 12.0. The summed E-state index contributed by atoms with van der Waals surface area (Å²) < 4.78 is 0. The van der Waals surface area contributed by atoms with E-state index in [1.807, 2.05) is 30.3 Å². The molecule has 2 rings (SSSR count). The smallest absolute Gasteiger partial charge is 0.321 e. The summed E-state index contributed by atoms with van der Waals surface area (Å²) in [6.07, 6.45) is 1.77. The molecule has 7 heteroatoms. The van der Waals surface area contributed by atoms with E-state index >= 15 is 0 Å². The molecular weight excluding hydrogens is 280 g/mol. The minimum Gasteiger partial charge on any atom is -0.330 e. The summed E-state index contributed by atoms with van der Waals surface area (Å²) in [5.41, 5.74) is 6.27. The molecule has 1 aromatic carbocycles. The minimum absolute atomic E-state index is 0.157. The van der Waals surface area contributed by atoms with Gasteiger partial charge in [-0.25, -0.2) is 4.79 Å². The lowest BCUT2D eigenvalue weighted by molar-refractivity contribution is 0.193. The first-order valence-corrected chi connectivity index (χ1v) is 7.75. The highest BCUT2D eigenvalue weighted by Gasteiger charge is 2.25. The zero-order valence-corrected chi connectivity index (χ0v) is 12.9. The second-order valence-electron chi connectivity index (χ2n) is 5.52. The lowest BCUT2D eigenvalue weighted by Crippen LogP contribution is -2.67. The maximum Gasteiger partial charge on any atom is 0.321 e. The Kier molecular flexibility index (Phi) is 6.60. The summed E-state index contributed by atoms with van der Waals surface area (Å²) in [7, 11) is 0. The monoisotopic (exact) mass is 306 g/mol. The molecule has 0 aromatic heterocycles. The fraction of sp³-hybridized carbons (Fsp3) is 0.533. The van der Waals surface area contributed by atoms with E-state index in [2.05, 4.69) is 33.5 Å². The van der Waals surface area contributed by atoms with Crippen LogP contribution in [0.4, 0.5) is 10.5 Å². The van der Waals surface area contributed by atoms with Gasteiger partial charge in [0.2, 0.25) is 0 Å². The van der Waals surface area contributed by atoms with Crippen LogP contribution in [0.3, 0.4) is 0 Å². The number of hydrogen-bond donors (Lipinski definition) is 6. The third kappa shape index (κ3) is 5.61. The number of benzene rings is 1. The van der Waals surface area contributed by atoms with Crippen molar-refractivity contribution in [2.24, 2.45) is 5.73 Å². The van der Waals surface area contributed by atoms with Gasteiger partial charge in [-0.3, -0.25) is 10.6 Å². The Morgan fingerprint density at radius 3 is 2.82 bits per heavy atom. The van der Waals surface area contributed by atoms with Crippen LogP contribution in [-0.4, -0.2) is 37.6 Å². The number of nitrogens with one attached hydrogen (secondary N) is 5. The Balaban J connectivity index is 1.79. The van der Waals surface area contributed by atoms with E-state index in [0.29, 0.717) is 12.6 Å². The lowest BCUT2D eigenvalue weighted by atomic mass is 10.1. The molecule has 0 spiro atoms. The largest absolute Gasteiger partial charge is 0.330 e. The van der Waals surface area contributed by atoms with Crippen LogP contribution >= 0.6 is 0 Å².